The van der Waals surface area contributed by atoms with Crippen molar-refractivity contribution >= 4 is 34.5 Å². The summed E-state index contributed by atoms with van der Waals surface area (Å²) in [5.74, 6) is 1.03. The molecule has 2 aromatic rings. The molecule has 4 heteroatoms. The molecule has 0 amide bonds. The highest BCUT2D eigenvalue weighted by Gasteiger charge is 2.50. The van der Waals surface area contributed by atoms with E-state index in [2.05, 4.69) is 73.5 Å². The van der Waals surface area contributed by atoms with Crippen LogP contribution in [0, 0.1) is 13.8 Å². The summed E-state index contributed by atoms with van der Waals surface area (Å²) in [4.78, 5) is 7.21. The van der Waals surface area contributed by atoms with E-state index in [0.29, 0.717) is 5.11 Å². The fourth-order valence-electron chi connectivity index (χ4n) is 4.57. The van der Waals surface area contributed by atoms with E-state index in [9.17, 15) is 0 Å². The van der Waals surface area contributed by atoms with Gasteiger partial charge in [0.05, 0.1) is 0 Å². The third-order valence-electron chi connectivity index (χ3n) is 6.04. The van der Waals surface area contributed by atoms with Crippen LogP contribution in [0.2, 0.25) is 0 Å². The van der Waals surface area contributed by atoms with E-state index in [-0.39, 0.29) is 5.54 Å². The molecule has 0 bridgehead atoms. The van der Waals surface area contributed by atoms with Crippen molar-refractivity contribution in [2.24, 2.45) is 4.99 Å². The van der Waals surface area contributed by atoms with Gasteiger partial charge in [0.25, 0.3) is 0 Å². The number of hydrogen-bond acceptors (Lipinski definition) is 2. The number of aryl methyl sites for hydroxylation is 3. The van der Waals surface area contributed by atoms with Crippen LogP contribution in [0.5, 0.6) is 0 Å². The van der Waals surface area contributed by atoms with E-state index < -0.39 is 0 Å². The molecule has 1 saturated carbocycles. The van der Waals surface area contributed by atoms with E-state index in [0.717, 1.165) is 25.1 Å². The van der Waals surface area contributed by atoms with Crippen molar-refractivity contribution in [3.8, 4) is 0 Å². The second-order valence-corrected chi connectivity index (χ2v) is 8.06. The van der Waals surface area contributed by atoms with Crippen molar-refractivity contribution in [1.29, 1.82) is 0 Å². The van der Waals surface area contributed by atoms with Gasteiger partial charge in [-0.3, -0.25) is 0 Å². The minimum absolute atomic E-state index is 0.142. The lowest BCUT2D eigenvalue weighted by Crippen LogP contribution is -2.52. The molecule has 0 radical (unpaired) electrons. The van der Waals surface area contributed by atoms with Crippen molar-refractivity contribution in [2.45, 2.75) is 58.4 Å². The Morgan fingerprint density at radius 1 is 1.04 bits per heavy atom. The molecular formula is C23H27N3S. The second-order valence-electron chi connectivity index (χ2n) is 7.69. The van der Waals surface area contributed by atoms with Gasteiger partial charge in [-0.25, -0.2) is 4.99 Å². The number of para-hydroxylation sites is 2. The van der Waals surface area contributed by atoms with Gasteiger partial charge in [0.1, 0.15) is 11.4 Å². The van der Waals surface area contributed by atoms with Crippen LogP contribution in [0.3, 0.4) is 0 Å². The van der Waals surface area contributed by atoms with Crippen molar-refractivity contribution in [2.75, 3.05) is 10.2 Å². The smallest absolute Gasteiger partial charge is 0.202 e. The first-order valence-corrected chi connectivity index (χ1v) is 10.3. The van der Waals surface area contributed by atoms with Crippen molar-refractivity contribution in [1.82, 2.24) is 0 Å². The number of nitrogens with one attached hydrogen (secondary N) is 1. The Morgan fingerprint density at radius 3 is 2.44 bits per heavy atom. The van der Waals surface area contributed by atoms with Gasteiger partial charge >= 0.3 is 0 Å². The standard InChI is InChI=1S/C23H27N3S/c1-4-18-12-9-11-17(3)20(18)24-21-23(14-7-8-15-23)26(22(27)25-21)19-13-6-5-10-16(19)2/h5-6,9-13H,4,7-8,14-15H2,1-3H3,(H,24,25,27). The maximum Gasteiger partial charge on any atom is 0.202 e. The number of anilines is 2. The monoisotopic (exact) mass is 377 g/mol. The molecular weight excluding hydrogens is 350 g/mol. The van der Waals surface area contributed by atoms with Gasteiger partial charge < -0.3 is 10.2 Å². The molecule has 0 saturated heterocycles. The second kappa shape index (κ2) is 7.08. The van der Waals surface area contributed by atoms with E-state index in [1.807, 2.05) is 0 Å². The fourth-order valence-corrected chi connectivity index (χ4v) is 4.94. The van der Waals surface area contributed by atoms with Crippen LogP contribution in [-0.4, -0.2) is 16.5 Å². The maximum absolute atomic E-state index is 5.78. The number of amidine groups is 1. The van der Waals surface area contributed by atoms with Crippen molar-refractivity contribution < 1.29 is 0 Å². The van der Waals surface area contributed by atoms with Gasteiger partial charge in [-0.2, -0.15) is 0 Å². The predicted octanol–water partition coefficient (Wildman–Crippen LogP) is 5.79. The lowest BCUT2D eigenvalue weighted by atomic mass is 9.92. The Labute approximate surface area is 167 Å². The average Bonchev–Trinajstić information content (AvgIpc) is 3.24. The summed E-state index contributed by atoms with van der Waals surface area (Å²) < 4.78 is 0. The molecule has 4 rings (SSSR count). The molecule has 2 aliphatic rings. The minimum atomic E-state index is -0.142. The van der Waals surface area contributed by atoms with E-state index in [1.54, 1.807) is 0 Å². The van der Waals surface area contributed by atoms with Crippen LogP contribution in [-0.2, 0) is 6.42 Å². The molecule has 1 fully saturated rings. The molecule has 3 nitrogen and oxygen atoms in total. The normalized spacial score (nSPS) is 18.3. The van der Waals surface area contributed by atoms with Crippen LogP contribution in [0.15, 0.2) is 47.5 Å². The molecule has 140 valence electrons. The molecule has 0 unspecified atom stereocenters. The quantitative estimate of drug-likeness (QED) is 0.686. The zero-order chi connectivity index (χ0) is 19.0. The van der Waals surface area contributed by atoms with Gasteiger partial charge in [-0.15, -0.1) is 0 Å². The summed E-state index contributed by atoms with van der Waals surface area (Å²) in [5.41, 5.74) is 6.06. The Bertz CT molecular complexity index is 910. The zero-order valence-electron chi connectivity index (χ0n) is 16.4. The molecule has 0 aromatic heterocycles. The van der Waals surface area contributed by atoms with Gasteiger partial charge in [-0.1, -0.05) is 56.2 Å². The molecule has 1 spiro atoms. The molecule has 0 atom stereocenters. The average molecular weight is 378 g/mol. The first-order chi connectivity index (χ1) is 13.1. The highest BCUT2D eigenvalue weighted by molar-refractivity contribution is 7.80. The van der Waals surface area contributed by atoms with Crippen molar-refractivity contribution in [3.63, 3.8) is 0 Å². The summed E-state index contributed by atoms with van der Waals surface area (Å²) in [6, 6.07) is 15.0. The summed E-state index contributed by atoms with van der Waals surface area (Å²) in [6.07, 6.45) is 5.58. The first-order valence-electron chi connectivity index (χ1n) is 9.91. The predicted molar refractivity (Wildman–Crippen MR) is 119 cm³/mol. The van der Waals surface area contributed by atoms with Crippen LogP contribution in [0.1, 0.15) is 49.3 Å². The molecule has 1 aliphatic heterocycles. The van der Waals surface area contributed by atoms with Crippen LogP contribution < -0.4 is 10.2 Å². The molecule has 1 aliphatic carbocycles. The van der Waals surface area contributed by atoms with Crippen molar-refractivity contribution in [3.05, 3.63) is 59.2 Å². The molecule has 1 N–H and O–H groups in total. The first kappa shape index (κ1) is 18.2. The highest BCUT2D eigenvalue weighted by Crippen LogP contribution is 2.44. The summed E-state index contributed by atoms with van der Waals surface area (Å²) in [5, 5.41) is 4.41. The number of aliphatic imine (C=N–C) groups is 1. The number of benzene rings is 2. The third kappa shape index (κ3) is 2.96. The number of thiocarbonyl (C=S) groups is 1. The van der Waals surface area contributed by atoms with Gasteiger partial charge in [0.2, 0.25) is 5.11 Å². The van der Waals surface area contributed by atoms with Crippen LogP contribution >= 0.6 is 12.2 Å². The molecule has 1 heterocycles. The van der Waals surface area contributed by atoms with Gasteiger partial charge in [0.15, 0.2) is 0 Å². The van der Waals surface area contributed by atoms with E-state index >= 15 is 0 Å². The SMILES string of the molecule is CCc1cccc(C)c1NC1=NC(=S)N(c2ccccc2C)C12CCCC2. The largest absolute Gasteiger partial charge is 0.341 e. The Hall–Kier alpha value is -2.20. The Balaban J connectivity index is 1.78. The number of nitrogens with zero attached hydrogens (tertiary/aromatic N) is 2. The lowest BCUT2D eigenvalue weighted by molar-refractivity contribution is 0.594. The zero-order valence-corrected chi connectivity index (χ0v) is 17.2. The topological polar surface area (TPSA) is 27.6 Å². The van der Waals surface area contributed by atoms with Gasteiger partial charge in [0, 0.05) is 11.4 Å². The summed E-state index contributed by atoms with van der Waals surface area (Å²) in [6.45, 7) is 6.52. The lowest BCUT2D eigenvalue weighted by Gasteiger charge is -2.38. The maximum atomic E-state index is 5.78. The minimum Gasteiger partial charge on any atom is -0.341 e. The summed E-state index contributed by atoms with van der Waals surface area (Å²) >= 11 is 5.78. The highest BCUT2D eigenvalue weighted by atomic mass is 32.1. The number of rotatable bonds is 3. The Kier molecular flexibility index (Phi) is 4.77. The fraction of sp³-hybridized carbons (Fsp3) is 0.391. The van der Waals surface area contributed by atoms with Crippen LogP contribution in [0.25, 0.3) is 0 Å². The van der Waals surface area contributed by atoms with E-state index in [1.165, 1.54) is 40.9 Å². The molecule has 27 heavy (non-hydrogen) atoms. The Morgan fingerprint density at radius 2 is 1.74 bits per heavy atom. The third-order valence-corrected chi connectivity index (χ3v) is 6.31. The van der Waals surface area contributed by atoms with Gasteiger partial charge in [-0.05, 0) is 68.1 Å². The summed E-state index contributed by atoms with van der Waals surface area (Å²) in [7, 11) is 0. The number of hydrogen-bond donors (Lipinski definition) is 1. The van der Waals surface area contributed by atoms with E-state index in [4.69, 9.17) is 17.2 Å². The van der Waals surface area contributed by atoms with Crippen LogP contribution in [0.4, 0.5) is 11.4 Å². The molecule has 2 aromatic carbocycles.